The molecule has 0 unspecified atom stereocenters. The van der Waals surface area contributed by atoms with Gasteiger partial charge in [-0.05, 0) is 37.6 Å². The van der Waals surface area contributed by atoms with E-state index in [9.17, 15) is 0 Å². The van der Waals surface area contributed by atoms with Gasteiger partial charge >= 0.3 is 0 Å². The number of ether oxygens (including phenoxy) is 2. The van der Waals surface area contributed by atoms with E-state index < -0.39 is 0 Å². The zero-order chi connectivity index (χ0) is 21.2. The Morgan fingerprint density at radius 1 is 1.20 bits per heavy atom. The summed E-state index contributed by atoms with van der Waals surface area (Å²) in [5.74, 6) is 2.79. The minimum atomic E-state index is 0.580. The first-order valence-electron chi connectivity index (χ1n) is 10.7. The van der Waals surface area contributed by atoms with E-state index in [1.165, 1.54) is 5.56 Å². The molecule has 1 aromatic heterocycles. The van der Waals surface area contributed by atoms with Crippen molar-refractivity contribution in [3.8, 4) is 5.75 Å². The molecule has 1 saturated heterocycles. The van der Waals surface area contributed by atoms with Gasteiger partial charge in [0.05, 0.1) is 26.4 Å². The third-order valence-electron chi connectivity index (χ3n) is 4.93. The number of guanidine groups is 1. The van der Waals surface area contributed by atoms with Crippen molar-refractivity contribution in [2.24, 2.45) is 4.99 Å². The Hall–Kier alpha value is -2.80. The van der Waals surface area contributed by atoms with Crippen LogP contribution in [0.4, 0.5) is 5.82 Å². The Kier molecular flexibility index (Phi) is 8.32. The van der Waals surface area contributed by atoms with Gasteiger partial charge in [-0.3, -0.25) is 0 Å². The Balaban J connectivity index is 1.69. The lowest BCUT2D eigenvalue weighted by molar-refractivity contribution is 0.122. The lowest BCUT2D eigenvalue weighted by Gasteiger charge is -2.29. The summed E-state index contributed by atoms with van der Waals surface area (Å²) in [6.45, 7) is 10.1. The molecule has 0 amide bonds. The third-order valence-corrected chi connectivity index (χ3v) is 4.93. The van der Waals surface area contributed by atoms with Crippen molar-refractivity contribution in [1.82, 2.24) is 15.2 Å². The molecular formula is C23H33N5O2. The molecule has 1 fully saturated rings. The quantitative estimate of drug-likeness (QED) is 0.532. The minimum absolute atomic E-state index is 0.580. The molecule has 3 rings (SSSR count). The van der Waals surface area contributed by atoms with Crippen molar-refractivity contribution >= 4 is 11.8 Å². The second kappa shape index (κ2) is 11.4. The van der Waals surface area contributed by atoms with Crippen LogP contribution in [0.3, 0.4) is 0 Å². The summed E-state index contributed by atoms with van der Waals surface area (Å²) >= 11 is 0. The molecule has 1 aliphatic heterocycles. The highest BCUT2D eigenvalue weighted by atomic mass is 16.5. The topological polar surface area (TPSA) is 62.2 Å². The van der Waals surface area contributed by atoms with Crippen LogP contribution in [0.2, 0.25) is 0 Å². The lowest BCUT2D eigenvalue weighted by Crippen LogP contribution is -2.39. The van der Waals surface area contributed by atoms with Crippen LogP contribution in [0, 0.1) is 0 Å². The number of hydrogen-bond acceptors (Lipinski definition) is 5. The summed E-state index contributed by atoms with van der Waals surface area (Å²) < 4.78 is 11.0. The van der Waals surface area contributed by atoms with Crippen LogP contribution >= 0.6 is 0 Å². The van der Waals surface area contributed by atoms with Crippen molar-refractivity contribution in [3.63, 3.8) is 0 Å². The number of aliphatic imine (C=N–C) groups is 1. The van der Waals surface area contributed by atoms with Crippen LogP contribution < -0.4 is 15.0 Å². The Morgan fingerprint density at radius 3 is 2.67 bits per heavy atom. The molecule has 7 nitrogen and oxygen atoms in total. The molecule has 1 aliphatic rings. The lowest BCUT2D eigenvalue weighted by atomic mass is 10.2. The van der Waals surface area contributed by atoms with E-state index in [1.54, 1.807) is 0 Å². The van der Waals surface area contributed by atoms with Gasteiger partial charge in [0.2, 0.25) is 0 Å². The number of anilines is 1. The third kappa shape index (κ3) is 6.10. The molecule has 0 bridgehead atoms. The Bertz CT molecular complexity index is 803. The highest BCUT2D eigenvalue weighted by Crippen LogP contribution is 2.19. The largest absolute Gasteiger partial charge is 0.494 e. The molecule has 0 aliphatic carbocycles. The second-order valence-electron chi connectivity index (χ2n) is 7.19. The Labute approximate surface area is 179 Å². The average Bonchev–Trinajstić information content (AvgIpc) is 2.79. The zero-order valence-corrected chi connectivity index (χ0v) is 18.3. The fraction of sp³-hybridized carbons (Fsp3) is 0.478. The van der Waals surface area contributed by atoms with E-state index in [1.807, 2.05) is 31.3 Å². The van der Waals surface area contributed by atoms with Crippen LogP contribution in [0.1, 0.15) is 25.0 Å². The summed E-state index contributed by atoms with van der Waals surface area (Å²) in [6.07, 6.45) is 1.85. The Morgan fingerprint density at radius 2 is 1.97 bits per heavy atom. The van der Waals surface area contributed by atoms with Crippen LogP contribution in [-0.2, 0) is 17.8 Å². The fourth-order valence-electron chi connectivity index (χ4n) is 3.45. The monoisotopic (exact) mass is 411 g/mol. The molecular weight excluding hydrogens is 378 g/mol. The number of rotatable bonds is 8. The van der Waals surface area contributed by atoms with E-state index in [2.05, 4.69) is 52.3 Å². The summed E-state index contributed by atoms with van der Waals surface area (Å²) in [7, 11) is 2.06. The molecule has 2 aromatic rings. The first-order valence-corrected chi connectivity index (χ1v) is 10.7. The van der Waals surface area contributed by atoms with Crippen molar-refractivity contribution in [1.29, 1.82) is 0 Å². The number of aromatic nitrogens is 1. The van der Waals surface area contributed by atoms with Gasteiger partial charge in [-0.1, -0.05) is 18.2 Å². The minimum Gasteiger partial charge on any atom is -0.494 e. The zero-order valence-electron chi connectivity index (χ0n) is 18.3. The standard InChI is InChI=1S/C23H33N5O2/c1-4-24-23(27(3)18-19-8-10-21(11-9-19)30-5-2)26-17-20-7-6-12-25-22(20)28-13-15-29-16-14-28/h6-12H,4-5,13-18H2,1-3H3,(H,24,26). The van der Waals surface area contributed by atoms with Crippen LogP contribution in [0.25, 0.3) is 0 Å². The van der Waals surface area contributed by atoms with Gasteiger partial charge in [-0.2, -0.15) is 0 Å². The first-order chi connectivity index (χ1) is 14.7. The van der Waals surface area contributed by atoms with E-state index in [-0.39, 0.29) is 0 Å². The molecule has 7 heteroatoms. The second-order valence-corrected chi connectivity index (χ2v) is 7.19. The van der Waals surface area contributed by atoms with E-state index in [4.69, 9.17) is 14.5 Å². The smallest absolute Gasteiger partial charge is 0.194 e. The molecule has 30 heavy (non-hydrogen) atoms. The summed E-state index contributed by atoms with van der Waals surface area (Å²) in [4.78, 5) is 13.9. The molecule has 2 heterocycles. The van der Waals surface area contributed by atoms with Crippen LogP contribution in [0.5, 0.6) is 5.75 Å². The van der Waals surface area contributed by atoms with Crippen molar-refractivity contribution in [3.05, 3.63) is 53.7 Å². The van der Waals surface area contributed by atoms with E-state index >= 15 is 0 Å². The van der Waals surface area contributed by atoms with Crippen LogP contribution in [0.15, 0.2) is 47.6 Å². The molecule has 162 valence electrons. The highest BCUT2D eigenvalue weighted by molar-refractivity contribution is 5.79. The SMILES string of the molecule is CCNC(=NCc1cccnc1N1CCOCC1)N(C)Cc1ccc(OCC)cc1. The molecule has 1 N–H and O–H groups in total. The fourth-order valence-corrected chi connectivity index (χ4v) is 3.45. The summed E-state index contributed by atoms with van der Waals surface area (Å²) in [6, 6.07) is 12.3. The first kappa shape index (κ1) is 21.9. The molecule has 1 aromatic carbocycles. The number of nitrogens with zero attached hydrogens (tertiary/aromatic N) is 4. The van der Waals surface area contributed by atoms with Crippen molar-refractivity contribution < 1.29 is 9.47 Å². The molecule has 0 spiro atoms. The average molecular weight is 412 g/mol. The van der Waals surface area contributed by atoms with Gasteiger partial charge in [0.15, 0.2) is 5.96 Å². The number of pyridine rings is 1. The normalized spacial score (nSPS) is 14.5. The summed E-state index contributed by atoms with van der Waals surface area (Å²) in [5, 5.41) is 3.40. The van der Waals surface area contributed by atoms with Crippen molar-refractivity contribution in [2.75, 3.05) is 51.4 Å². The number of nitrogens with one attached hydrogen (secondary N) is 1. The number of hydrogen-bond donors (Lipinski definition) is 1. The van der Waals surface area contributed by atoms with Gasteiger partial charge in [0.25, 0.3) is 0 Å². The molecule has 0 saturated carbocycles. The van der Waals surface area contributed by atoms with Gasteiger partial charge in [-0.25, -0.2) is 9.98 Å². The van der Waals surface area contributed by atoms with Gasteiger partial charge in [0.1, 0.15) is 11.6 Å². The van der Waals surface area contributed by atoms with Gasteiger partial charge in [0, 0.05) is 45.0 Å². The maximum atomic E-state index is 5.53. The van der Waals surface area contributed by atoms with Crippen molar-refractivity contribution in [2.45, 2.75) is 26.9 Å². The molecule has 0 radical (unpaired) electrons. The maximum absolute atomic E-state index is 5.53. The maximum Gasteiger partial charge on any atom is 0.194 e. The van der Waals surface area contributed by atoms with Gasteiger partial charge in [-0.15, -0.1) is 0 Å². The predicted molar refractivity (Wildman–Crippen MR) is 121 cm³/mol. The van der Waals surface area contributed by atoms with E-state index in [0.717, 1.165) is 62.5 Å². The predicted octanol–water partition coefficient (Wildman–Crippen LogP) is 2.91. The molecule has 0 atom stereocenters. The highest BCUT2D eigenvalue weighted by Gasteiger charge is 2.16. The van der Waals surface area contributed by atoms with Crippen LogP contribution in [-0.4, -0.2) is 62.3 Å². The number of morpholine rings is 1. The number of benzene rings is 1. The van der Waals surface area contributed by atoms with Gasteiger partial charge < -0.3 is 24.6 Å². The van der Waals surface area contributed by atoms with E-state index in [0.29, 0.717) is 13.2 Å². The summed E-state index contributed by atoms with van der Waals surface area (Å²) in [5.41, 5.74) is 2.34.